The van der Waals surface area contributed by atoms with E-state index >= 15 is 0 Å². The molecule has 1 atom stereocenters. The fourth-order valence-electron chi connectivity index (χ4n) is 2.01. The van der Waals surface area contributed by atoms with Gasteiger partial charge in [-0.15, -0.1) is 0 Å². The number of halogens is 2. The number of nitrogens with two attached hydrogens (primary N) is 1. The van der Waals surface area contributed by atoms with Crippen molar-refractivity contribution >= 4 is 27.5 Å². The zero-order valence-electron chi connectivity index (χ0n) is 10.3. The molecule has 18 heavy (non-hydrogen) atoms. The molecule has 5 heteroatoms. The highest BCUT2D eigenvalue weighted by molar-refractivity contribution is 9.10. The zero-order chi connectivity index (χ0) is 13.3. The number of nitrogens with zero attached hydrogens (tertiary/aromatic N) is 2. The van der Waals surface area contributed by atoms with Gasteiger partial charge in [0.15, 0.2) is 0 Å². The first-order chi connectivity index (χ1) is 8.54. The molecule has 2 aromatic rings. The molecule has 0 aliphatic carbocycles. The van der Waals surface area contributed by atoms with Gasteiger partial charge >= 0.3 is 0 Å². The number of rotatable bonds is 3. The van der Waals surface area contributed by atoms with E-state index in [2.05, 4.69) is 21.0 Å². The van der Waals surface area contributed by atoms with Crippen LogP contribution in [-0.2, 0) is 0 Å². The Hall–Kier alpha value is -0.840. The molecule has 0 radical (unpaired) electrons. The van der Waals surface area contributed by atoms with Crippen molar-refractivity contribution in [3.05, 3.63) is 50.7 Å². The third kappa shape index (κ3) is 2.46. The van der Waals surface area contributed by atoms with Crippen LogP contribution >= 0.6 is 27.5 Å². The van der Waals surface area contributed by atoms with Crippen LogP contribution in [-0.4, -0.2) is 16.3 Å². The number of benzene rings is 1. The van der Waals surface area contributed by atoms with Crippen molar-refractivity contribution in [2.45, 2.75) is 19.9 Å². The van der Waals surface area contributed by atoms with Crippen LogP contribution in [0.5, 0.6) is 0 Å². The Morgan fingerprint density at radius 2 is 1.94 bits per heavy atom. The summed E-state index contributed by atoms with van der Waals surface area (Å²) in [5, 5.41) is 5.19. The molecule has 1 aromatic carbocycles. The second kappa shape index (κ2) is 5.43. The van der Waals surface area contributed by atoms with Crippen molar-refractivity contribution < 1.29 is 0 Å². The maximum absolute atomic E-state index is 6.18. The molecule has 1 heterocycles. The number of hydrogen-bond donors (Lipinski definition) is 1. The van der Waals surface area contributed by atoms with Gasteiger partial charge in [-0.05, 0) is 31.5 Å². The van der Waals surface area contributed by atoms with Crippen molar-refractivity contribution in [2.24, 2.45) is 5.73 Å². The Kier molecular flexibility index (Phi) is 4.10. The van der Waals surface area contributed by atoms with Crippen LogP contribution in [0.2, 0.25) is 5.02 Å². The molecule has 3 nitrogen and oxygen atoms in total. The fourth-order valence-corrected chi connectivity index (χ4v) is 2.40. The minimum Gasteiger partial charge on any atom is -0.328 e. The van der Waals surface area contributed by atoms with E-state index in [1.807, 2.05) is 42.8 Å². The number of aromatic nitrogens is 2. The molecule has 1 aromatic heterocycles. The Bertz CT molecular complexity index is 548. The van der Waals surface area contributed by atoms with Gasteiger partial charge in [-0.1, -0.05) is 39.7 Å². The van der Waals surface area contributed by atoms with Crippen LogP contribution < -0.4 is 5.73 Å². The average Bonchev–Trinajstić information content (AvgIpc) is 2.61. The minimum absolute atomic E-state index is 0.0179. The topological polar surface area (TPSA) is 43.8 Å². The molecule has 0 amide bonds. The number of aryl methyl sites for hydroxylation is 1. The summed E-state index contributed by atoms with van der Waals surface area (Å²) in [5.74, 6) is 0. The van der Waals surface area contributed by atoms with E-state index in [4.69, 9.17) is 17.3 Å². The van der Waals surface area contributed by atoms with E-state index in [-0.39, 0.29) is 6.04 Å². The van der Waals surface area contributed by atoms with E-state index in [9.17, 15) is 0 Å². The Morgan fingerprint density at radius 3 is 2.39 bits per heavy atom. The van der Waals surface area contributed by atoms with E-state index in [0.717, 1.165) is 21.4 Å². The van der Waals surface area contributed by atoms with Crippen LogP contribution in [0.3, 0.4) is 0 Å². The van der Waals surface area contributed by atoms with Crippen LogP contribution in [0.15, 0.2) is 28.7 Å². The molecule has 0 saturated heterocycles. The first-order valence-corrected chi connectivity index (χ1v) is 6.88. The summed E-state index contributed by atoms with van der Waals surface area (Å²) in [4.78, 5) is 0. The Morgan fingerprint density at radius 1 is 1.33 bits per heavy atom. The molecule has 1 unspecified atom stereocenters. The van der Waals surface area contributed by atoms with Gasteiger partial charge in [-0.2, -0.15) is 5.10 Å². The number of hydrogen-bond acceptors (Lipinski definition) is 2. The van der Waals surface area contributed by atoms with Gasteiger partial charge in [-0.25, -0.2) is 0 Å². The van der Waals surface area contributed by atoms with Crippen molar-refractivity contribution in [3.8, 4) is 0 Å². The van der Waals surface area contributed by atoms with Crippen molar-refractivity contribution in [1.29, 1.82) is 0 Å². The highest BCUT2D eigenvalue weighted by Crippen LogP contribution is 2.26. The van der Waals surface area contributed by atoms with E-state index in [0.29, 0.717) is 11.6 Å². The monoisotopic (exact) mass is 327 g/mol. The summed E-state index contributed by atoms with van der Waals surface area (Å²) >= 11 is 9.61. The quantitative estimate of drug-likeness (QED) is 0.937. The smallest absolute Gasteiger partial charge is 0.0894 e. The summed E-state index contributed by atoms with van der Waals surface area (Å²) in [6, 6.07) is 8.12. The van der Waals surface area contributed by atoms with Crippen LogP contribution in [0.4, 0.5) is 0 Å². The molecule has 0 aliphatic heterocycles. The third-order valence-corrected chi connectivity index (χ3v) is 4.09. The summed E-state index contributed by atoms with van der Waals surface area (Å²) in [6.07, 6.45) is 0. The van der Waals surface area contributed by atoms with Crippen molar-refractivity contribution in [2.75, 3.05) is 6.54 Å². The van der Waals surface area contributed by atoms with Crippen molar-refractivity contribution in [3.63, 3.8) is 0 Å². The highest BCUT2D eigenvalue weighted by Gasteiger charge is 2.18. The molecule has 2 N–H and O–H groups in total. The van der Waals surface area contributed by atoms with Gasteiger partial charge in [0.2, 0.25) is 0 Å². The molecule has 96 valence electrons. The highest BCUT2D eigenvalue weighted by atomic mass is 79.9. The standard InChI is InChI=1S/C13H15BrClN3/c1-8-13(15)9(2)18(17-8)12(7-16)10-3-5-11(14)6-4-10/h3-6,12H,7,16H2,1-2H3. The van der Waals surface area contributed by atoms with E-state index < -0.39 is 0 Å². The third-order valence-electron chi connectivity index (χ3n) is 3.01. The normalized spacial score (nSPS) is 12.7. The second-order valence-corrected chi connectivity index (χ2v) is 5.53. The van der Waals surface area contributed by atoms with Gasteiger partial charge in [0.05, 0.1) is 22.5 Å². The first kappa shape index (κ1) is 13.6. The lowest BCUT2D eigenvalue weighted by molar-refractivity contribution is 0.516. The molecule has 0 saturated carbocycles. The predicted molar refractivity (Wildman–Crippen MR) is 78.0 cm³/mol. The van der Waals surface area contributed by atoms with E-state index in [1.54, 1.807) is 0 Å². The fraction of sp³-hybridized carbons (Fsp3) is 0.308. The summed E-state index contributed by atoms with van der Waals surface area (Å²) in [6.45, 7) is 4.35. The molecule has 2 rings (SSSR count). The van der Waals surface area contributed by atoms with E-state index in [1.165, 1.54) is 0 Å². The predicted octanol–water partition coefficient (Wildman–Crippen LogP) is 3.46. The SMILES string of the molecule is Cc1nn(C(CN)c2ccc(Br)cc2)c(C)c1Cl. The van der Waals surface area contributed by atoms with Crippen LogP contribution in [0, 0.1) is 13.8 Å². The maximum atomic E-state index is 6.18. The van der Waals surface area contributed by atoms with Crippen LogP contribution in [0.25, 0.3) is 0 Å². The van der Waals surface area contributed by atoms with Crippen LogP contribution in [0.1, 0.15) is 23.0 Å². The van der Waals surface area contributed by atoms with Gasteiger partial charge < -0.3 is 5.73 Å². The lowest BCUT2D eigenvalue weighted by Crippen LogP contribution is -2.22. The summed E-state index contributed by atoms with van der Waals surface area (Å²) < 4.78 is 2.95. The lowest BCUT2D eigenvalue weighted by Gasteiger charge is -2.18. The van der Waals surface area contributed by atoms with Gasteiger partial charge in [0.25, 0.3) is 0 Å². The van der Waals surface area contributed by atoms with Crippen molar-refractivity contribution in [1.82, 2.24) is 9.78 Å². The van der Waals surface area contributed by atoms with Gasteiger partial charge in [0, 0.05) is 11.0 Å². The second-order valence-electron chi connectivity index (χ2n) is 4.23. The molecule has 0 fully saturated rings. The largest absolute Gasteiger partial charge is 0.328 e. The molecule has 0 spiro atoms. The average molecular weight is 329 g/mol. The minimum atomic E-state index is 0.0179. The molecular formula is C13H15BrClN3. The Balaban J connectivity index is 2.45. The first-order valence-electron chi connectivity index (χ1n) is 5.71. The summed E-state index contributed by atoms with van der Waals surface area (Å²) in [7, 11) is 0. The molecule has 0 aliphatic rings. The zero-order valence-corrected chi connectivity index (χ0v) is 12.7. The summed E-state index contributed by atoms with van der Waals surface area (Å²) in [5.41, 5.74) is 8.80. The van der Waals surface area contributed by atoms with Gasteiger partial charge in [-0.3, -0.25) is 4.68 Å². The maximum Gasteiger partial charge on any atom is 0.0894 e. The molecular weight excluding hydrogens is 314 g/mol. The lowest BCUT2D eigenvalue weighted by atomic mass is 10.1. The van der Waals surface area contributed by atoms with Gasteiger partial charge in [0.1, 0.15) is 0 Å². The molecule has 0 bridgehead atoms. The Labute approximate surface area is 120 Å².